The van der Waals surface area contributed by atoms with Crippen LogP contribution in [0.1, 0.15) is 36.1 Å². The Hall–Kier alpha value is -2.14. The molecule has 2 aliphatic rings. The largest absolute Gasteiger partial charge is 0.326 e. The van der Waals surface area contributed by atoms with Gasteiger partial charge in [-0.1, -0.05) is 6.07 Å². The van der Waals surface area contributed by atoms with Crippen molar-refractivity contribution in [1.82, 2.24) is 0 Å². The van der Waals surface area contributed by atoms with Gasteiger partial charge >= 0.3 is 0 Å². The summed E-state index contributed by atoms with van der Waals surface area (Å²) in [5.41, 5.74) is 3.02. The van der Waals surface area contributed by atoms with E-state index in [0.29, 0.717) is 6.42 Å². The molecule has 1 aromatic carbocycles. The van der Waals surface area contributed by atoms with Crippen LogP contribution in [0, 0.1) is 5.92 Å². The molecule has 1 saturated carbocycles. The average molecular weight is 354 g/mol. The Morgan fingerprint density at radius 2 is 2.12 bits per heavy atom. The van der Waals surface area contributed by atoms with Gasteiger partial charge in [-0.2, -0.15) is 0 Å². The number of rotatable bonds is 5. The van der Waals surface area contributed by atoms with Crippen LogP contribution in [0.25, 0.3) is 0 Å². The van der Waals surface area contributed by atoms with Crippen LogP contribution in [-0.2, 0) is 22.4 Å². The molecule has 1 N–H and O–H groups in total. The number of nitrogens with zero attached hydrogens (tertiary/aromatic N) is 1. The molecule has 1 aliphatic heterocycles. The molecule has 2 amide bonds. The number of amides is 2. The van der Waals surface area contributed by atoms with Gasteiger partial charge in [-0.15, -0.1) is 11.3 Å². The maximum absolute atomic E-state index is 12.4. The zero-order chi connectivity index (χ0) is 17.2. The normalized spacial score (nSPS) is 16.4. The van der Waals surface area contributed by atoms with Crippen LogP contribution in [0.2, 0.25) is 0 Å². The second-order valence-corrected chi connectivity index (χ2v) is 7.87. The number of fused-ring (bicyclic) bond motifs is 1. The van der Waals surface area contributed by atoms with Gasteiger partial charge in [0.1, 0.15) is 0 Å². The number of hydrogen-bond donors (Lipinski definition) is 1. The molecule has 0 saturated heterocycles. The number of carbonyl (C=O) groups excluding carboxylic acids is 2. The van der Waals surface area contributed by atoms with E-state index in [2.05, 4.69) is 11.4 Å². The zero-order valence-electron chi connectivity index (χ0n) is 14.2. The monoisotopic (exact) mass is 354 g/mol. The number of nitrogens with one attached hydrogen (secondary N) is 1. The first kappa shape index (κ1) is 16.3. The third-order valence-electron chi connectivity index (χ3n) is 4.85. The standard InChI is InChI=1S/C20H22N2O2S/c23-19(10-8-17-4-2-12-25-17)21-16-7-9-18-15(13-16)3-1-11-22(18)20(24)14-5-6-14/h2,4,7,9,12-14H,1,3,5-6,8,10-11H2,(H,21,23). The summed E-state index contributed by atoms with van der Waals surface area (Å²) in [5, 5.41) is 5.03. The average Bonchev–Trinajstić information content (AvgIpc) is 3.34. The quantitative estimate of drug-likeness (QED) is 0.882. The molecule has 0 spiro atoms. The zero-order valence-corrected chi connectivity index (χ0v) is 15.0. The molecule has 2 heterocycles. The first-order chi connectivity index (χ1) is 12.2. The van der Waals surface area contributed by atoms with E-state index >= 15 is 0 Å². The smallest absolute Gasteiger partial charge is 0.230 e. The van der Waals surface area contributed by atoms with Gasteiger partial charge in [0.25, 0.3) is 0 Å². The molecule has 4 nitrogen and oxygen atoms in total. The van der Waals surface area contributed by atoms with Gasteiger partial charge in [0.15, 0.2) is 0 Å². The third kappa shape index (κ3) is 3.76. The van der Waals surface area contributed by atoms with Crippen molar-refractivity contribution < 1.29 is 9.59 Å². The van der Waals surface area contributed by atoms with E-state index in [-0.39, 0.29) is 17.7 Å². The first-order valence-corrected chi connectivity index (χ1v) is 9.85. The van der Waals surface area contributed by atoms with Crippen molar-refractivity contribution in [2.45, 2.75) is 38.5 Å². The van der Waals surface area contributed by atoms with Crippen LogP contribution in [0.15, 0.2) is 35.7 Å². The van der Waals surface area contributed by atoms with Gasteiger partial charge < -0.3 is 10.2 Å². The molecule has 4 rings (SSSR count). The van der Waals surface area contributed by atoms with Crippen LogP contribution < -0.4 is 10.2 Å². The van der Waals surface area contributed by atoms with E-state index in [0.717, 1.165) is 55.6 Å². The molecule has 1 fully saturated rings. The molecule has 1 aliphatic carbocycles. The van der Waals surface area contributed by atoms with Crippen molar-refractivity contribution in [2.75, 3.05) is 16.8 Å². The summed E-state index contributed by atoms with van der Waals surface area (Å²) in [5.74, 6) is 0.548. The lowest BCUT2D eigenvalue weighted by Crippen LogP contribution is -2.36. The fourth-order valence-corrected chi connectivity index (χ4v) is 4.08. The second-order valence-electron chi connectivity index (χ2n) is 6.84. The van der Waals surface area contributed by atoms with Crippen molar-refractivity contribution in [1.29, 1.82) is 0 Å². The Morgan fingerprint density at radius 3 is 2.88 bits per heavy atom. The topological polar surface area (TPSA) is 49.4 Å². The van der Waals surface area contributed by atoms with Crippen LogP contribution in [0.4, 0.5) is 11.4 Å². The minimum absolute atomic E-state index is 0.0371. The van der Waals surface area contributed by atoms with E-state index in [4.69, 9.17) is 0 Å². The number of benzene rings is 1. The minimum Gasteiger partial charge on any atom is -0.326 e. The van der Waals surface area contributed by atoms with E-state index in [1.165, 1.54) is 4.88 Å². The predicted octanol–water partition coefficient (Wildman–Crippen LogP) is 4.01. The van der Waals surface area contributed by atoms with Gasteiger partial charge in [-0.25, -0.2) is 0 Å². The molecule has 25 heavy (non-hydrogen) atoms. The molecular weight excluding hydrogens is 332 g/mol. The molecule has 130 valence electrons. The maximum atomic E-state index is 12.4. The van der Waals surface area contributed by atoms with Crippen molar-refractivity contribution in [3.8, 4) is 0 Å². The number of thiophene rings is 1. The van der Waals surface area contributed by atoms with Crippen molar-refractivity contribution in [3.63, 3.8) is 0 Å². The molecule has 5 heteroatoms. The summed E-state index contributed by atoms with van der Waals surface area (Å²) in [6.45, 7) is 0.814. The molecule has 1 aromatic heterocycles. The predicted molar refractivity (Wildman–Crippen MR) is 101 cm³/mol. The van der Waals surface area contributed by atoms with Gasteiger partial charge in [0, 0.05) is 35.1 Å². The second kappa shape index (κ2) is 7.00. The van der Waals surface area contributed by atoms with Crippen molar-refractivity contribution >= 4 is 34.5 Å². The highest BCUT2D eigenvalue weighted by Gasteiger charge is 2.35. The lowest BCUT2D eigenvalue weighted by molar-refractivity contribution is -0.120. The summed E-state index contributed by atoms with van der Waals surface area (Å²) in [4.78, 5) is 27.8. The molecule has 0 bridgehead atoms. The Balaban J connectivity index is 1.41. The summed E-state index contributed by atoms with van der Waals surface area (Å²) >= 11 is 1.68. The van der Waals surface area contributed by atoms with Crippen LogP contribution in [-0.4, -0.2) is 18.4 Å². The first-order valence-electron chi connectivity index (χ1n) is 8.97. The highest BCUT2D eigenvalue weighted by molar-refractivity contribution is 7.09. The number of carbonyl (C=O) groups is 2. The fourth-order valence-electron chi connectivity index (χ4n) is 3.37. The minimum atomic E-state index is 0.0371. The number of aryl methyl sites for hydroxylation is 2. The SMILES string of the molecule is O=C(CCc1cccs1)Nc1ccc2c(c1)CCCN2C(=O)C1CC1. The highest BCUT2D eigenvalue weighted by atomic mass is 32.1. The van der Waals surface area contributed by atoms with Crippen LogP contribution in [0.5, 0.6) is 0 Å². The van der Waals surface area contributed by atoms with Gasteiger partial charge in [-0.05, 0) is 67.3 Å². The molecular formula is C20H22N2O2S. The number of anilines is 2. The lowest BCUT2D eigenvalue weighted by atomic mass is 10.0. The molecule has 0 radical (unpaired) electrons. The summed E-state index contributed by atoms with van der Waals surface area (Å²) in [6.07, 6.45) is 5.28. The number of hydrogen-bond acceptors (Lipinski definition) is 3. The van der Waals surface area contributed by atoms with Crippen LogP contribution in [0.3, 0.4) is 0 Å². The Bertz CT molecular complexity index is 781. The lowest BCUT2D eigenvalue weighted by Gasteiger charge is -2.30. The van der Waals surface area contributed by atoms with Crippen molar-refractivity contribution in [3.05, 3.63) is 46.2 Å². The van der Waals surface area contributed by atoms with Gasteiger partial charge in [0.2, 0.25) is 11.8 Å². The van der Waals surface area contributed by atoms with E-state index in [9.17, 15) is 9.59 Å². The van der Waals surface area contributed by atoms with E-state index in [1.807, 2.05) is 34.5 Å². The Morgan fingerprint density at radius 1 is 1.24 bits per heavy atom. The third-order valence-corrected chi connectivity index (χ3v) is 5.79. The molecule has 2 aromatic rings. The van der Waals surface area contributed by atoms with E-state index < -0.39 is 0 Å². The molecule has 0 atom stereocenters. The van der Waals surface area contributed by atoms with Gasteiger partial charge in [-0.3, -0.25) is 9.59 Å². The fraction of sp³-hybridized carbons (Fsp3) is 0.400. The summed E-state index contributed by atoms with van der Waals surface area (Å²) in [7, 11) is 0. The van der Waals surface area contributed by atoms with Crippen molar-refractivity contribution in [2.24, 2.45) is 5.92 Å². The Kier molecular flexibility index (Phi) is 4.57. The van der Waals surface area contributed by atoms with Crippen LogP contribution >= 0.6 is 11.3 Å². The Labute approximate surface area is 151 Å². The summed E-state index contributed by atoms with van der Waals surface area (Å²) in [6, 6.07) is 10.0. The highest BCUT2D eigenvalue weighted by Crippen LogP contribution is 2.36. The summed E-state index contributed by atoms with van der Waals surface area (Å²) < 4.78 is 0. The van der Waals surface area contributed by atoms with Gasteiger partial charge in [0.05, 0.1) is 0 Å². The molecule has 0 unspecified atom stereocenters. The van der Waals surface area contributed by atoms with E-state index in [1.54, 1.807) is 11.3 Å². The maximum Gasteiger partial charge on any atom is 0.230 e.